The number of hydrogen-bond donors (Lipinski definition) is 2. The number of fused-ring (bicyclic) bond motifs is 1. The molecule has 0 saturated carbocycles. The summed E-state index contributed by atoms with van der Waals surface area (Å²) >= 11 is 0. The molecule has 1 aliphatic carbocycles. The lowest BCUT2D eigenvalue weighted by Crippen LogP contribution is -2.27. The normalized spacial score (nSPS) is 19.0. The molecule has 0 bridgehead atoms. The Morgan fingerprint density at radius 3 is 2.86 bits per heavy atom. The lowest BCUT2D eigenvalue weighted by molar-refractivity contribution is 0.399. The number of hydrogen-bond acceptors (Lipinski definition) is 2. The molecule has 0 fully saturated rings. The third-order valence-electron chi connectivity index (χ3n) is 4.47. The molecule has 0 aliphatic heterocycles. The van der Waals surface area contributed by atoms with Gasteiger partial charge in [0.15, 0.2) is 0 Å². The molecular weight excluding hydrogens is 258 g/mol. The molecule has 21 heavy (non-hydrogen) atoms. The predicted octanol–water partition coefficient (Wildman–Crippen LogP) is 4.43. The van der Waals surface area contributed by atoms with Crippen molar-refractivity contribution in [1.29, 1.82) is 0 Å². The summed E-state index contributed by atoms with van der Waals surface area (Å²) in [5, 5.41) is 13.8. The van der Waals surface area contributed by atoms with E-state index >= 15 is 0 Å². The summed E-state index contributed by atoms with van der Waals surface area (Å²) in [5.74, 6) is 0.379. The smallest absolute Gasteiger partial charge is 0.120 e. The summed E-state index contributed by atoms with van der Waals surface area (Å²) in [6.45, 7) is 4.19. The second kappa shape index (κ2) is 5.90. The number of phenols is 1. The lowest BCUT2D eigenvalue weighted by Gasteiger charge is -2.29. The van der Waals surface area contributed by atoms with Crippen LogP contribution in [0.5, 0.6) is 5.75 Å². The molecule has 0 aromatic heterocycles. The first-order valence-corrected chi connectivity index (χ1v) is 7.78. The van der Waals surface area contributed by atoms with Crippen molar-refractivity contribution in [1.82, 2.24) is 5.32 Å². The summed E-state index contributed by atoms with van der Waals surface area (Å²) in [7, 11) is 0. The van der Waals surface area contributed by atoms with Crippen LogP contribution in [0.3, 0.4) is 0 Å². The van der Waals surface area contributed by atoms with Crippen molar-refractivity contribution in [2.75, 3.05) is 0 Å². The Hall–Kier alpha value is -1.80. The maximum atomic E-state index is 10.1. The van der Waals surface area contributed by atoms with Crippen LogP contribution in [0.4, 0.5) is 0 Å². The first-order valence-electron chi connectivity index (χ1n) is 7.78. The Bertz CT molecular complexity index is 635. The average Bonchev–Trinajstić information content (AvgIpc) is 2.50. The van der Waals surface area contributed by atoms with Crippen LogP contribution in [0.2, 0.25) is 0 Å². The van der Waals surface area contributed by atoms with E-state index in [9.17, 15) is 5.11 Å². The molecule has 0 radical (unpaired) electrons. The zero-order valence-corrected chi connectivity index (χ0v) is 12.8. The zero-order valence-electron chi connectivity index (χ0n) is 12.8. The Morgan fingerprint density at radius 1 is 1.19 bits per heavy atom. The predicted molar refractivity (Wildman–Crippen MR) is 86.5 cm³/mol. The molecular formula is C19H23NO. The number of benzene rings is 2. The van der Waals surface area contributed by atoms with Crippen LogP contribution in [0.25, 0.3) is 0 Å². The van der Waals surface area contributed by atoms with E-state index in [0.717, 1.165) is 12.0 Å². The van der Waals surface area contributed by atoms with Gasteiger partial charge in [0.1, 0.15) is 5.75 Å². The molecule has 2 atom stereocenters. The van der Waals surface area contributed by atoms with E-state index in [2.05, 4.69) is 49.5 Å². The van der Waals surface area contributed by atoms with Gasteiger partial charge in [-0.25, -0.2) is 0 Å². The maximum absolute atomic E-state index is 10.1. The summed E-state index contributed by atoms with van der Waals surface area (Å²) in [4.78, 5) is 0. The fourth-order valence-corrected chi connectivity index (χ4v) is 3.34. The molecule has 2 nitrogen and oxygen atoms in total. The molecule has 1 aliphatic rings. The van der Waals surface area contributed by atoms with E-state index in [1.165, 1.54) is 29.5 Å². The van der Waals surface area contributed by atoms with Gasteiger partial charge in [-0.3, -0.25) is 0 Å². The van der Waals surface area contributed by atoms with Crippen molar-refractivity contribution in [3.63, 3.8) is 0 Å². The Labute approximate surface area is 126 Å². The summed E-state index contributed by atoms with van der Waals surface area (Å²) in [6, 6.07) is 15.0. The highest BCUT2D eigenvalue weighted by molar-refractivity contribution is 5.38. The second-order valence-electron chi connectivity index (χ2n) is 6.09. The van der Waals surface area contributed by atoms with E-state index in [0.29, 0.717) is 11.8 Å². The molecule has 2 heteroatoms. The second-order valence-corrected chi connectivity index (χ2v) is 6.09. The average molecular weight is 281 g/mol. The van der Waals surface area contributed by atoms with Gasteiger partial charge in [-0.15, -0.1) is 0 Å². The molecule has 2 aromatic carbocycles. The SMILES string of the molecule is Cc1ccc(O)c(C(C)NC2CCCc3ccccc32)c1. The number of nitrogens with one attached hydrogen (secondary N) is 1. The van der Waals surface area contributed by atoms with E-state index in [-0.39, 0.29) is 6.04 Å². The van der Waals surface area contributed by atoms with Crippen LogP contribution in [-0.2, 0) is 6.42 Å². The van der Waals surface area contributed by atoms with Gasteiger partial charge in [-0.1, -0.05) is 42.0 Å². The van der Waals surface area contributed by atoms with Gasteiger partial charge in [0.25, 0.3) is 0 Å². The van der Waals surface area contributed by atoms with Crippen molar-refractivity contribution >= 4 is 0 Å². The van der Waals surface area contributed by atoms with Crippen molar-refractivity contribution in [2.45, 2.75) is 45.2 Å². The number of aryl methyl sites for hydroxylation is 2. The Morgan fingerprint density at radius 2 is 2.00 bits per heavy atom. The van der Waals surface area contributed by atoms with Crippen molar-refractivity contribution in [2.24, 2.45) is 0 Å². The van der Waals surface area contributed by atoms with Gasteiger partial charge in [0.2, 0.25) is 0 Å². The summed E-state index contributed by atoms with van der Waals surface area (Å²) in [5.41, 5.74) is 5.04. The minimum Gasteiger partial charge on any atom is -0.508 e. The van der Waals surface area contributed by atoms with Crippen LogP contribution in [0.1, 0.15) is 54.1 Å². The van der Waals surface area contributed by atoms with Crippen LogP contribution < -0.4 is 5.32 Å². The molecule has 2 aromatic rings. The highest BCUT2D eigenvalue weighted by Crippen LogP contribution is 2.33. The van der Waals surface area contributed by atoms with Gasteiger partial charge < -0.3 is 10.4 Å². The highest BCUT2D eigenvalue weighted by Gasteiger charge is 2.22. The maximum Gasteiger partial charge on any atom is 0.120 e. The highest BCUT2D eigenvalue weighted by atomic mass is 16.3. The van der Waals surface area contributed by atoms with Crippen molar-refractivity contribution in [3.8, 4) is 5.75 Å². The minimum atomic E-state index is 0.140. The molecule has 2 unspecified atom stereocenters. The molecule has 0 saturated heterocycles. The van der Waals surface area contributed by atoms with Crippen LogP contribution in [0.15, 0.2) is 42.5 Å². The van der Waals surface area contributed by atoms with Gasteiger partial charge in [0.05, 0.1) is 0 Å². The summed E-state index contributed by atoms with van der Waals surface area (Å²) < 4.78 is 0. The molecule has 0 amide bonds. The van der Waals surface area contributed by atoms with Gasteiger partial charge >= 0.3 is 0 Å². The Balaban J connectivity index is 1.82. The van der Waals surface area contributed by atoms with Crippen LogP contribution in [-0.4, -0.2) is 5.11 Å². The fourth-order valence-electron chi connectivity index (χ4n) is 3.34. The zero-order chi connectivity index (χ0) is 14.8. The quantitative estimate of drug-likeness (QED) is 0.872. The fraction of sp³-hybridized carbons (Fsp3) is 0.368. The minimum absolute atomic E-state index is 0.140. The third-order valence-corrected chi connectivity index (χ3v) is 4.47. The lowest BCUT2D eigenvalue weighted by atomic mass is 9.87. The topological polar surface area (TPSA) is 32.3 Å². The summed E-state index contributed by atoms with van der Waals surface area (Å²) in [6.07, 6.45) is 3.56. The van der Waals surface area contributed by atoms with Gasteiger partial charge in [0, 0.05) is 17.6 Å². The number of phenolic OH excluding ortho intramolecular Hbond substituents is 1. The van der Waals surface area contributed by atoms with E-state index < -0.39 is 0 Å². The van der Waals surface area contributed by atoms with Gasteiger partial charge in [-0.2, -0.15) is 0 Å². The molecule has 3 rings (SSSR count). The molecule has 110 valence electrons. The number of aromatic hydroxyl groups is 1. The van der Waals surface area contributed by atoms with Crippen molar-refractivity contribution < 1.29 is 5.11 Å². The van der Waals surface area contributed by atoms with Crippen LogP contribution >= 0.6 is 0 Å². The van der Waals surface area contributed by atoms with Crippen molar-refractivity contribution in [3.05, 3.63) is 64.7 Å². The standard InChI is InChI=1S/C19H23NO/c1-13-10-11-19(21)17(12-13)14(2)20-18-9-5-7-15-6-3-4-8-16(15)18/h3-4,6,8,10-12,14,18,20-21H,5,7,9H2,1-2H3. The first kappa shape index (κ1) is 14.2. The molecule has 0 heterocycles. The molecule has 0 spiro atoms. The monoisotopic (exact) mass is 281 g/mol. The molecule has 2 N–H and O–H groups in total. The van der Waals surface area contributed by atoms with Crippen LogP contribution in [0, 0.1) is 6.92 Å². The first-order chi connectivity index (χ1) is 10.1. The van der Waals surface area contributed by atoms with Gasteiger partial charge in [-0.05, 0) is 50.3 Å². The van der Waals surface area contributed by atoms with E-state index in [4.69, 9.17) is 0 Å². The van der Waals surface area contributed by atoms with E-state index in [1.807, 2.05) is 6.07 Å². The largest absolute Gasteiger partial charge is 0.508 e. The third kappa shape index (κ3) is 2.96. The Kier molecular flexibility index (Phi) is 3.98. The van der Waals surface area contributed by atoms with E-state index in [1.54, 1.807) is 6.07 Å². The number of rotatable bonds is 3.